The highest BCUT2D eigenvalue weighted by atomic mass is 32.2. The number of rotatable bonds is 6. The molecule has 1 fully saturated rings. The van der Waals surface area contributed by atoms with Crippen LogP contribution in [-0.4, -0.2) is 39.3 Å². The third-order valence-corrected chi connectivity index (χ3v) is 4.99. The van der Waals surface area contributed by atoms with Gasteiger partial charge in [0.2, 0.25) is 10.0 Å². The monoisotopic (exact) mass is 287 g/mol. The standard InChI is InChI=1S/C12H21N3O3S/c1-13-7-10-6-12(8-15(10)2)19(16,17)14-9-4-11(5-9)18-3/h6,8-9,11,13-14H,4-5,7H2,1-3H3. The molecule has 1 aliphatic carbocycles. The second kappa shape index (κ2) is 5.62. The molecule has 0 atom stereocenters. The molecular weight excluding hydrogens is 266 g/mol. The third kappa shape index (κ3) is 3.17. The zero-order valence-corrected chi connectivity index (χ0v) is 12.3. The molecule has 7 heteroatoms. The first-order chi connectivity index (χ1) is 8.96. The molecule has 2 N–H and O–H groups in total. The third-order valence-electron chi connectivity index (χ3n) is 3.50. The lowest BCUT2D eigenvalue weighted by atomic mass is 9.90. The Morgan fingerprint density at radius 2 is 2.16 bits per heavy atom. The minimum atomic E-state index is -3.43. The van der Waals surface area contributed by atoms with Crippen molar-refractivity contribution in [2.45, 2.75) is 36.4 Å². The molecular formula is C12H21N3O3S. The molecule has 1 aromatic rings. The lowest BCUT2D eigenvalue weighted by Crippen LogP contribution is -2.47. The Hall–Kier alpha value is -0.890. The smallest absolute Gasteiger partial charge is 0.242 e. The number of hydrogen-bond acceptors (Lipinski definition) is 4. The Labute approximate surface area is 114 Å². The summed E-state index contributed by atoms with van der Waals surface area (Å²) in [6.45, 7) is 0.640. The molecule has 108 valence electrons. The highest BCUT2D eigenvalue weighted by Crippen LogP contribution is 2.24. The first kappa shape index (κ1) is 14.5. The average molecular weight is 287 g/mol. The predicted octanol–water partition coefficient (Wildman–Crippen LogP) is 0.200. The SMILES string of the molecule is CNCc1cc(S(=O)(=O)NC2CC(OC)C2)cn1C. The van der Waals surface area contributed by atoms with Crippen molar-refractivity contribution in [1.82, 2.24) is 14.6 Å². The summed E-state index contributed by atoms with van der Waals surface area (Å²) in [5.41, 5.74) is 0.936. The number of nitrogens with zero attached hydrogens (tertiary/aromatic N) is 1. The summed E-state index contributed by atoms with van der Waals surface area (Å²) in [6, 6.07) is 1.69. The van der Waals surface area contributed by atoms with Gasteiger partial charge in [0, 0.05) is 38.6 Å². The molecule has 19 heavy (non-hydrogen) atoms. The Morgan fingerprint density at radius 3 is 2.74 bits per heavy atom. The topological polar surface area (TPSA) is 72.4 Å². The van der Waals surface area contributed by atoms with E-state index in [2.05, 4.69) is 10.0 Å². The Balaban J connectivity index is 2.05. The molecule has 0 saturated heterocycles. The highest BCUT2D eigenvalue weighted by molar-refractivity contribution is 7.89. The van der Waals surface area contributed by atoms with Gasteiger partial charge in [0.1, 0.15) is 0 Å². The molecule has 1 saturated carbocycles. The van der Waals surface area contributed by atoms with Crippen molar-refractivity contribution in [1.29, 1.82) is 0 Å². The van der Waals surface area contributed by atoms with Gasteiger partial charge in [0.15, 0.2) is 0 Å². The van der Waals surface area contributed by atoms with Gasteiger partial charge in [-0.05, 0) is 26.0 Å². The van der Waals surface area contributed by atoms with Crippen LogP contribution in [0.1, 0.15) is 18.5 Å². The van der Waals surface area contributed by atoms with Crippen molar-refractivity contribution in [3.8, 4) is 0 Å². The van der Waals surface area contributed by atoms with Gasteiger partial charge in [-0.3, -0.25) is 0 Å². The quantitative estimate of drug-likeness (QED) is 0.784. The fourth-order valence-corrected chi connectivity index (χ4v) is 3.58. The molecule has 1 heterocycles. The van der Waals surface area contributed by atoms with Crippen LogP contribution in [0.25, 0.3) is 0 Å². The first-order valence-electron chi connectivity index (χ1n) is 6.31. The van der Waals surface area contributed by atoms with Crippen molar-refractivity contribution in [2.24, 2.45) is 7.05 Å². The Morgan fingerprint density at radius 1 is 1.47 bits per heavy atom. The largest absolute Gasteiger partial charge is 0.381 e. The van der Waals surface area contributed by atoms with Crippen LogP contribution >= 0.6 is 0 Å². The van der Waals surface area contributed by atoms with E-state index >= 15 is 0 Å². The lowest BCUT2D eigenvalue weighted by Gasteiger charge is -2.34. The van der Waals surface area contributed by atoms with Gasteiger partial charge in [0.05, 0.1) is 11.0 Å². The number of sulfonamides is 1. The van der Waals surface area contributed by atoms with Gasteiger partial charge in [-0.25, -0.2) is 13.1 Å². The summed E-state index contributed by atoms with van der Waals surface area (Å²) >= 11 is 0. The van der Waals surface area contributed by atoms with E-state index in [9.17, 15) is 8.42 Å². The number of methoxy groups -OCH3 is 1. The Kier molecular flexibility index (Phi) is 4.29. The van der Waals surface area contributed by atoms with E-state index in [0.29, 0.717) is 11.4 Å². The van der Waals surface area contributed by atoms with Gasteiger partial charge >= 0.3 is 0 Å². The Bertz CT molecular complexity index is 532. The van der Waals surface area contributed by atoms with Gasteiger partial charge < -0.3 is 14.6 Å². The van der Waals surface area contributed by atoms with Gasteiger partial charge in [-0.15, -0.1) is 0 Å². The van der Waals surface area contributed by atoms with Gasteiger partial charge in [0.25, 0.3) is 0 Å². The summed E-state index contributed by atoms with van der Waals surface area (Å²) in [5.74, 6) is 0. The van der Waals surface area contributed by atoms with Crippen LogP contribution in [-0.2, 0) is 28.4 Å². The second-order valence-electron chi connectivity index (χ2n) is 4.96. The van der Waals surface area contributed by atoms with Crippen LogP contribution in [0.5, 0.6) is 0 Å². The van der Waals surface area contributed by atoms with Crippen LogP contribution in [0.2, 0.25) is 0 Å². The first-order valence-corrected chi connectivity index (χ1v) is 7.79. The van der Waals surface area contributed by atoms with Crippen molar-refractivity contribution < 1.29 is 13.2 Å². The molecule has 0 unspecified atom stereocenters. The van der Waals surface area contributed by atoms with Crippen LogP contribution in [0.3, 0.4) is 0 Å². The summed E-state index contributed by atoms with van der Waals surface area (Å²) < 4.78 is 34.1. The molecule has 0 radical (unpaired) electrons. The normalized spacial score (nSPS) is 23.3. The van der Waals surface area contributed by atoms with E-state index in [4.69, 9.17) is 4.74 Å². The molecule has 1 aliphatic rings. The number of hydrogen-bond donors (Lipinski definition) is 2. The maximum absolute atomic E-state index is 12.2. The van der Waals surface area contributed by atoms with Crippen LogP contribution < -0.4 is 10.0 Å². The zero-order valence-electron chi connectivity index (χ0n) is 11.5. The molecule has 0 bridgehead atoms. The molecule has 2 rings (SSSR count). The molecule has 0 aliphatic heterocycles. The number of aryl methyl sites for hydroxylation is 1. The summed E-state index contributed by atoms with van der Waals surface area (Å²) in [4.78, 5) is 0.320. The minimum Gasteiger partial charge on any atom is -0.381 e. The van der Waals surface area contributed by atoms with Crippen molar-refractivity contribution >= 4 is 10.0 Å². The van der Waals surface area contributed by atoms with E-state index in [1.54, 1.807) is 19.4 Å². The predicted molar refractivity (Wildman–Crippen MR) is 72.3 cm³/mol. The molecule has 0 amide bonds. The molecule has 6 nitrogen and oxygen atoms in total. The van der Waals surface area contributed by atoms with E-state index in [-0.39, 0.29) is 12.1 Å². The average Bonchev–Trinajstić information content (AvgIpc) is 2.66. The molecule has 1 aromatic heterocycles. The maximum Gasteiger partial charge on any atom is 0.242 e. The highest BCUT2D eigenvalue weighted by Gasteiger charge is 2.33. The van der Waals surface area contributed by atoms with Crippen molar-refractivity contribution in [3.63, 3.8) is 0 Å². The van der Waals surface area contributed by atoms with Gasteiger partial charge in [-0.1, -0.05) is 0 Å². The number of ether oxygens (including phenoxy) is 1. The van der Waals surface area contributed by atoms with E-state index in [1.807, 2.05) is 18.7 Å². The summed E-state index contributed by atoms with van der Waals surface area (Å²) in [5, 5.41) is 3.01. The fraction of sp³-hybridized carbons (Fsp3) is 0.667. The summed E-state index contributed by atoms with van der Waals surface area (Å²) in [6.07, 6.45) is 3.31. The van der Waals surface area contributed by atoms with Crippen molar-refractivity contribution in [2.75, 3.05) is 14.2 Å². The molecule has 0 spiro atoms. The van der Waals surface area contributed by atoms with Crippen LogP contribution in [0.4, 0.5) is 0 Å². The van der Waals surface area contributed by atoms with Gasteiger partial charge in [-0.2, -0.15) is 0 Å². The van der Waals surface area contributed by atoms with E-state index < -0.39 is 10.0 Å². The zero-order chi connectivity index (χ0) is 14.0. The van der Waals surface area contributed by atoms with Crippen LogP contribution in [0.15, 0.2) is 17.2 Å². The van der Waals surface area contributed by atoms with E-state index in [1.165, 1.54) is 0 Å². The number of aromatic nitrogens is 1. The van der Waals surface area contributed by atoms with E-state index in [0.717, 1.165) is 18.5 Å². The number of nitrogens with one attached hydrogen (secondary N) is 2. The fourth-order valence-electron chi connectivity index (χ4n) is 2.22. The lowest BCUT2D eigenvalue weighted by molar-refractivity contribution is 0.0236. The molecule has 0 aromatic carbocycles. The summed E-state index contributed by atoms with van der Waals surface area (Å²) in [7, 11) is 1.90. The van der Waals surface area contributed by atoms with Crippen molar-refractivity contribution in [3.05, 3.63) is 18.0 Å². The minimum absolute atomic E-state index is 0.0112. The van der Waals surface area contributed by atoms with Crippen LogP contribution in [0, 0.1) is 0 Å². The maximum atomic E-state index is 12.2. The second-order valence-corrected chi connectivity index (χ2v) is 6.67.